The van der Waals surface area contributed by atoms with E-state index < -0.39 is 10.0 Å². The van der Waals surface area contributed by atoms with Crippen molar-refractivity contribution in [3.8, 4) is 6.07 Å². The summed E-state index contributed by atoms with van der Waals surface area (Å²) in [7, 11) is -3.58. The first-order valence-corrected chi connectivity index (χ1v) is 8.37. The summed E-state index contributed by atoms with van der Waals surface area (Å²) in [5.74, 6) is -0.0978. The zero-order chi connectivity index (χ0) is 15.0. The Morgan fingerprint density at radius 3 is 2.62 bits per heavy atom. The fourth-order valence-electron chi connectivity index (χ4n) is 2.76. The highest BCUT2D eigenvalue weighted by molar-refractivity contribution is 7.90. The monoisotopic (exact) mass is 300 g/mol. The highest BCUT2D eigenvalue weighted by Gasteiger charge is 2.27. The normalized spacial score (nSPS) is 18.0. The molecule has 3 rings (SSSR count). The molecule has 0 bridgehead atoms. The first-order valence-electron chi connectivity index (χ1n) is 6.93. The number of hydrogen-bond acceptors (Lipinski definition) is 3. The van der Waals surface area contributed by atoms with Gasteiger partial charge in [0.2, 0.25) is 0 Å². The van der Waals surface area contributed by atoms with E-state index in [4.69, 9.17) is 5.26 Å². The van der Waals surface area contributed by atoms with Gasteiger partial charge in [-0.1, -0.05) is 17.7 Å². The van der Waals surface area contributed by atoms with Gasteiger partial charge in [0.15, 0.2) is 0 Å². The van der Waals surface area contributed by atoms with Gasteiger partial charge < -0.3 is 0 Å². The van der Waals surface area contributed by atoms with Gasteiger partial charge in [0.25, 0.3) is 10.0 Å². The van der Waals surface area contributed by atoms with Crippen LogP contribution in [0.25, 0.3) is 0 Å². The first kappa shape index (κ1) is 13.9. The fraction of sp³-hybridized carbons (Fsp3) is 0.312. The quantitative estimate of drug-likeness (QED) is 0.856. The van der Waals surface area contributed by atoms with Gasteiger partial charge in [0, 0.05) is 18.3 Å². The van der Waals surface area contributed by atoms with E-state index in [-0.39, 0.29) is 10.8 Å². The Kier molecular flexibility index (Phi) is 3.34. The number of aromatic nitrogens is 1. The molecule has 1 aliphatic rings. The summed E-state index contributed by atoms with van der Waals surface area (Å²) in [5, 5.41) is 9.09. The molecular formula is C16H16N2O2S. The van der Waals surface area contributed by atoms with E-state index in [1.54, 1.807) is 30.5 Å². The summed E-state index contributed by atoms with van der Waals surface area (Å²) < 4.78 is 26.9. The molecule has 5 heteroatoms. The van der Waals surface area contributed by atoms with Crippen LogP contribution in [0.2, 0.25) is 0 Å². The third-order valence-electron chi connectivity index (χ3n) is 4.01. The maximum Gasteiger partial charge on any atom is 0.267 e. The van der Waals surface area contributed by atoms with E-state index >= 15 is 0 Å². The zero-order valence-electron chi connectivity index (χ0n) is 11.8. The minimum absolute atomic E-state index is 0.0978. The fourth-order valence-corrected chi connectivity index (χ4v) is 4.17. The molecule has 0 radical (unpaired) electrons. The summed E-state index contributed by atoms with van der Waals surface area (Å²) in [6.07, 6.45) is 3.69. The molecule has 0 saturated carbocycles. The lowest BCUT2D eigenvalue weighted by atomic mass is 9.89. The van der Waals surface area contributed by atoms with Crippen molar-refractivity contribution >= 4 is 10.0 Å². The molecule has 0 spiro atoms. The average Bonchev–Trinajstić information content (AvgIpc) is 2.91. The van der Waals surface area contributed by atoms with Crippen molar-refractivity contribution in [2.45, 2.75) is 31.1 Å². The van der Waals surface area contributed by atoms with E-state index in [2.05, 4.69) is 6.07 Å². The summed E-state index contributed by atoms with van der Waals surface area (Å²) in [4.78, 5) is 0.283. The van der Waals surface area contributed by atoms with Gasteiger partial charge >= 0.3 is 0 Å². The molecule has 1 atom stereocenters. The predicted octanol–water partition coefficient (Wildman–Crippen LogP) is 2.66. The van der Waals surface area contributed by atoms with Gasteiger partial charge in [-0.25, -0.2) is 12.4 Å². The highest BCUT2D eigenvalue weighted by atomic mass is 32.2. The number of nitrogens with zero attached hydrogens (tertiary/aromatic N) is 2. The minimum Gasteiger partial charge on any atom is -0.246 e. The smallest absolute Gasteiger partial charge is 0.246 e. The van der Waals surface area contributed by atoms with E-state index in [9.17, 15) is 8.42 Å². The second-order valence-electron chi connectivity index (χ2n) is 5.47. The lowest BCUT2D eigenvalue weighted by Crippen LogP contribution is -2.20. The molecule has 0 amide bonds. The summed E-state index contributed by atoms with van der Waals surface area (Å²) >= 11 is 0. The Morgan fingerprint density at radius 2 is 1.95 bits per heavy atom. The van der Waals surface area contributed by atoms with Gasteiger partial charge in [0.1, 0.15) is 0 Å². The van der Waals surface area contributed by atoms with E-state index in [1.165, 1.54) is 3.97 Å². The van der Waals surface area contributed by atoms with Crippen LogP contribution in [0.3, 0.4) is 0 Å². The van der Waals surface area contributed by atoms with Crippen LogP contribution in [-0.2, 0) is 22.9 Å². The van der Waals surface area contributed by atoms with Crippen LogP contribution < -0.4 is 0 Å². The van der Waals surface area contributed by atoms with Crippen LogP contribution in [-0.4, -0.2) is 12.4 Å². The lowest BCUT2D eigenvalue weighted by Gasteiger charge is -2.19. The average molecular weight is 300 g/mol. The van der Waals surface area contributed by atoms with E-state index in [1.807, 2.05) is 13.0 Å². The summed E-state index contributed by atoms with van der Waals surface area (Å²) in [6.45, 7) is 1.92. The third kappa shape index (κ3) is 2.36. The third-order valence-corrected chi connectivity index (χ3v) is 5.74. The molecule has 1 heterocycles. The molecule has 1 aromatic heterocycles. The molecule has 2 aromatic rings. The van der Waals surface area contributed by atoms with Gasteiger partial charge in [-0.15, -0.1) is 0 Å². The Bertz CT molecular complexity index is 811. The topological polar surface area (TPSA) is 62.9 Å². The van der Waals surface area contributed by atoms with Crippen LogP contribution >= 0.6 is 0 Å². The number of rotatable bonds is 2. The van der Waals surface area contributed by atoms with Crippen LogP contribution in [0.1, 0.15) is 23.2 Å². The maximum atomic E-state index is 12.8. The Hall–Kier alpha value is -2.06. The minimum atomic E-state index is -3.58. The molecule has 0 aliphatic heterocycles. The number of aryl methyl sites for hydroxylation is 2. The number of hydrogen-bond donors (Lipinski definition) is 0. The van der Waals surface area contributed by atoms with Gasteiger partial charge in [-0.3, -0.25) is 0 Å². The molecule has 1 aliphatic carbocycles. The van der Waals surface area contributed by atoms with Crippen LogP contribution in [0, 0.1) is 24.2 Å². The number of nitriles is 1. The molecule has 1 unspecified atom stereocenters. The largest absolute Gasteiger partial charge is 0.267 e. The molecule has 21 heavy (non-hydrogen) atoms. The predicted molar refractivity (Wildman–Crippen MR) is 79.3 cm³/mol. The highest BCUT2D eigenvalue weighted by Crippen LogP contribution is 2.29. The van der Waals surface area contributed by atoms with Gasteiger partial charge in [-0.05, 0) is 43.5 Å². The number of benzene rings is 1. The van der Waals surface area contributed by atoms with Crippen molar-refractivity contribution in [1.82, 2.24) is 3.97 Å². The Labute approximate surface area is 124 Å². The van der Waals surface area contributed by atoms with Crippen molar-refractivity contribution < 1.29 is 8.42 Å². The molecule has 108 valence electrons. The Balaban J connectivity index is 2.07. The standard InChI is InChI=1S/C16H16N2O2S/c1-12-2-6-15(7-3-12)21(19,20)18-9-8-14-5-4-13(11-17)10-16(14)18/h2-3,6-9,13H,4-5,10H2,1H3. The second kappa shape index (κ2) is 5.05. The maximum absolute atomic E-state index is 12.8. The van der Waals surface area contributed by atoms with Gasteiger partial charge in [-0.2, -0.15) is 5.26 Å². The van der Waals surface area contributed by atoms with Crippen molar-refractivity contribution in [3.63, 3.8) is 0 Å². The van der Waals surface area contributed by atoms with E-state index in [0.29, 0.717) is 6.42 Å². The van der Waals surface area contributed by atoms with Crippen LogP contribution in [0.5, 0.6) is 0 Å². The lowest BCUT2D eigenvalue weighted by molar-refractivity contribution is 0.544. The van der Waals surface area contributed by atoms with Crippen LogP contribution in [0.15, 0.2) is 41.4 Å². The Morgan fingerprint density at radius 1 is 1.24 bits per heavy atom. The molecule has 0 N–H and O–H groups in total. The zero-order valence-corrected chi connectivity index (χ0v) is 12.6. The molecule has 1 aromatic carbocycles. The van der Waals surface area contributed by atoms with Crippen molar-refractivity contribution in [3.05, 3.63) is 53.3 Å². The van der Waals surface area contributed by atoms with Crippen molar-refractivity contribution in [2.75, 3.05) is 0 Å². The summed E-state index contributed by atoms with van der Waals surface area (Å²) in [5.41, 5.74) is 2.82. The first-order chi connectivity index (χ1) is 10.0. The SMILES string of the molecule is Cc1ccc(S(=O)(=O)n2ccc3c2CC(C#N)CC3)cc1. The second-order valence-corrected chi connectivity index (χ2v) is 7.29. The molecule has 0 fully saturated rings. The van der Waals surface area contributed by atoms with Crippen molar-refractivity contribution in [2.24, 2.45) is 5.92 Å². The van der Waals surface area contributed by atoms with Crippen LogP contribution in [0.4, 0.5) is 0 Å². The summed E-state index contributed by atoms with van der Waals surface area (Å²) in [6, 6.07) is 10.9. The molecule has 4 nitrogen and oxygen atoms in total. The van der Waals surface area contributed by atoms with E-state index in [0.717, 1.165) is 29.7 Å². The van der Waals surface area contributed by atoms with Gasteiger partial charge in [0.05, 0.1) is 16.9 Å². The van der Waals surface area contributed by atoms with Crippen molar-refractivity contribution in [1.29, 1.82) is 5.26 Å². The number of fused-ring (bicyclic) bond motifs is 1. The molecular weight excluding hydrogens is 284 g/mol. The molecule has 0 saturated heterocycles.